The predicted molar refractivity (Wildman–Crippen MR) is 124 cm³/mol. The second-order valence-corrected chi connectivity index (χ2v) is 8.06. The molecule has 0 bridgehead atoms. The van der Waals surface area contributed by atoms with E-state index in [-0.39, 0.29) is 5.56 Å². The summed E-state index contributed by atoms with van der Waals surface area (Å²) in [4.78, 5) is 18.1. The van der Waals surface area contributed by atoms with Gasteiger partial charge in [0, 0.05) is 33.3 Å². The zero-order valence-corrected chi connectivity index (χ0v) is 17.2. The van der Waals surface area contributed by atoms with Crippen LogP contribution in [0.3, 0.4) is 0 Å². The van der Waals surface area contributed by atoms with Gasteiger partial charge in [0.15, 0.2) is 0 Å². The highest BCUT2D eigenvalue weighted by Crippen LogP contribution is 2.39. The van der Waals surface area contributed by atoms with Gasteiger partial charge in [-0.05, 0) is 50.1 Å². The number of hydrogen-bond acceptors (Lipinski definition) is 3. The van der Waals surface area contributed by atoms with Gasteiger partial charge in [-0.2, -0.15) is 0 Å². The quantitative estimate of drug-likeness (QED) is 0.285. The first-order valence-electron chi connectivity index (χ1n) is 9.98. The molecular weight excluding hydrogens is 372 g/mol. The van der Waals surface area contributed by atoms with Crippen molar-refractivity contribution < 1.29 is 4.74 Å². The highest BCUT2D eigenvalue weighted by atomic mass is 16.5. The summed E-state index contributed by atoms with van der Waals surface area (Å²) in [6.07, 6.45) is 2.49. The Kier molecular flexibility index (Phi) is 4.10. The van der Waals surface area contributed by atoms with Crippen LogP contribution in [0, 0.1) is 0 Å². The second-order valence-electron chi connectivity index (χ2n) is 8.06. The second kappa shape index (κ2) is 6.70. The van der Waals surface area contributed by atoms with Gasteiger partial charge in [0.2, 0.25) is 0 Å². The molecule has 0 saturated carbocycles. The molecule has 0 unspecified atom stereocenters. The first-order chi connectivity index (χ1) is 14.5. The minimum Gasteiger partial charge on any atom is -0.489 e. The van der Waals surface area contributed by atoms with Crippen molar-refractivity contribution in [2.24, 2.45) is 0 Å². The number of nitrogens with zero attached hydrogens (tertiary/aromatic N) is 2. The van der Waals surface area contributed by atoms with E-state index in [1.54, 1.807) is 4.40 Å². The largest absolute Gasteiger partial charge is 0.489 e. The van der Waals surface area contributed by atoms with Crippen LogP contribution >= 0.6 is 0 Å². The van der Waals surface area contributed by atoms with Crippen LogP contribution in [0.4, 0.5) is 0 Å². The van der Waals surface area contributed by atoms with Crippen LogP contribution in [-0.4, -0.2) is 16.0 Å². The van der Waals surface area contributed by atoms with Crippen LogP contribution in [0.2, 0.25) is 0 Å². The minimum atomic E-state index is -0.0250. The van der Waals surface area contributed by atoms with E-state index in [4.69, 9.17) is 4.74 Å². The number of hydrogen-bond donors (Lipinski definition) is 0. The Morgan fingerprint density at radius 2 is 1.77 bits per heavy atom. The fraction of sp³-hybridized carbons (Fsp3) is 0.154. The Bertz CT molecular complexity index is 1540. The summed E-state index contributed by atoms with van der Waals surface area (Å²) >= 11 is 0. The van der Waals surface area contributed by atoms with E-state index in [9.17, 15) is 4.79 Å². The smallest absolute Gasteiger partial charge is 0.263 e. The van der Waals surface area contributed by atoms with Gasteiger partial charge < -0.3 is 4.74 Å². The van der Waals surface area contributed by atoms with Gasteiger partial charge in [-0.25, -0.2) is 0 Å². The number of benzene rings is 2. The monoisotopic (exact) mass is 394 g/mol. The minimum absolute atomic E-state index is 0.0250. The van der Waals surface area contributed by atoms with Crippen molar-refractivity contribution in [3.8, 4) is 5.75 Å². The van der Waals surface area contributed by atoms with Gasteiger partial charge in [0.1, 0.15) is 12.4 Å². The molecule has 0 radical (unpaired) electrons. The molecule has 30 heavy (non-hydrogen) atoms. The summed E-state index contributed by atoms with van der Waals surface area (Å²) in [6.45, 7) is 12.5. The van der Waals surface area contributed by atoms with E-state index in [1.807, 2.05) is 62.5 Å². The maximum atomic E-state index is 13.5. The molecule has 4 heteroatoms. The molecule has 148 valence electrons. The fourth-order valence-electron chi connectivity index (χ4n) is 4.32. The molecule has 3 aromatic heterocycles. The highest BCUT2D eigenvalue weighted by molar-refractivity contribution is 6.19. The molecule has 2 aromatic carbocycles. The first kappa shape index (κ1) is 18.4. The lowest BCUT2D eigenvalue weighted by Gasteiger charge is -2.13. The van der Waals surface area contributed by atoms with Crippen molar-refractivity contribution in [1.82, 2.24) is 9.38 Å². The van der Waals surface area contributed by atoms with Gasteiger partial charge in [0.25, 0.3) is 5.56 Å². The number of allylic oxidation sites excluding steroid dienone is 1. The van der Waals surface area contributed by atoms with E-state index in [2.05, 4.69) is 18.1 Å². The van der Waals surface area contributed by atoms with E-state index in [0.29, 0.717) is 18.4 Å². The number of pyridine rings is 2. The van der Waals surface area contributed by atoms with Gasteiger partial charge >= 0.3 is 0 Å². The van der Waals surface area contributed by atoms with Crippen molar-refractivity contribution in [2.75, 3.05) is 6.61 Å². The molecule has 3 heterocycles. The van der Waals surface area contributed by atoms with Crippen LogP contribution in [0.1, 0.15) is 19.4 Å². The average molecular weight is 394 g/mol. The lowest BCUT2D eigenvalue weighted by molar-refractivity contribution is 0.350. The molecule has 0 fully saturated rings. The summed E-state index contributed by atoms with van der Waals surface area (Å²) < 4.78 is 7.89. The summed E-state index contributed by atoms with van der Waals surface area (Å²) in [6, 6.07) is 13.6. The molecule has 0 amide bonds. The Balaban J connectivity index is 1.99. The molecule has 0 N–H and O–H groups in total. The number of aromatic nitrogens is 2. The normalized spacial score (nSPS) is 11.7. The lowest BCUT2D eigenvalue weighted by Crippen LogP contribution is -2.13. The van der Waals surface area contributed by atoms with Crippen molar-refractivity contribution in [3.63, 3.8) is 0 Å². The lowest BCUT2D eigenvalue weighted by atomic mass is 9.99. The van der Waals surface area contributed by atoms with Crippen LogP contribution in [0.25, 0.3) is 38.1 Å². The topological polar surface area (TPSA) is 43.6 Å². The van der Waals surface area contributed by atoms with E-state index in [1.165, 1.54) is 0 Å². The Morgan fingerprint density at radius 3 is 2.50 bits per heavy atom. The maximum absolute atomic E-state index is 13.5. The SMILES string of the molecule is C=C(C)COc1ccc2c(c1CC(=C)C)c1ccnc3c4ccccc4c(=O)n2c13. The summed E-state index contributed by atoms with van der Waals surface area (Å²) in [5, 5.41) is 3.59. The van der Waals surface area contributed by atoms with Crippen LogP contribution < -0.4 is 10.3 Å². The molecule has 0 aliphatic heterocycles. The van der Waals surface area contributed by atoms with E-state index >= 15 is 0 Å². The number of ether oxygens (including phenoxy) is 1. The molecular formula is C26H22N2O2. The van der Waals surface area contributed by atoms with E-state index in [0.717, 1.165) is 55.2 Å². The predicted octanol–water partition coefficient (Wildman–Crippen LogP) is 5.67. The van der Waals surface area contributed by atoms with E-state index < -0.39 is 0 Å². The molecule has 0 aliphatic rings. The van der Waals surface area contributed by atoms with Gasteiger partial charge in [0.05, 0.1) is 16.6 Å². The van der Waals surface area contributed by atoms with Crippen molar-refractivity contribution in [1.29, 1.82) is 0 Å². The van der Waals surface area contributed by atoms with Crippen LogP contribution in [0.5, 0.6) is 5.75 Å². The fourth-order valence-corrected chi connectivity index (χ4v) is 4.32. The summed E-state index contributed by atoms with van der Waals surface area (Å²) in [5.41, 5.74) is 5.57. The van der Waals surface area contributed by atoms with Crippen LogP contribution in [-0.2, 0) is 6.42 Å². The molecule has 0 spiro atoms. The number of fused-ring (bicyclic) bond motifs is 5. The molecule has 0 aliphatic carbocycles. The Morgan fingerprint density at radius 1 is 1.00 bits per heavy atom. The maximum Gasteiger partial charge on any atom is 0.263 e. The zero-order chi connectivity index (χ0) is 21.0. The zero-order valence-electron chi connectivity index (χ0n) is 17.2. The van der Waals surface area contributed by atoms with Crippen LogP contribution in [0.15, 0.2) is 77.8 Å². The third kappa shape index (κ3) is 2.61. The molecule has 0 atom stereocenters. The third-order valence-corrected chi connectivity index (χ3v) is 5.47. The molecule has 5 rings (SSSR count). The summed E-state index contributed by atoms with van der Waals surface area (Å²) in [5.74, 6) is 0.801. The Hall–Kier alpha value is -3.66. The standard InChI is InChI=1S/C26H22N2O2/c1-15(2)13-20-22(30-14-16(3)4)10-9-21-23(20)19-11-12-27-24-17-7-5-6-8-18(17)26(29)28(21)25(19)24/h5-12H,1,3,13-14H2,2,4H3. The summed E-state index contributed by atoms with van der Waals surface area (Å²) in [7, 11) is 0. The molecule has 0 saturated heterocycles. The average Bonchev–Trinajstić information content (AvgIpc) is 3.07. The molecule has 4 nitrogen and oxygen atoms in total. The Labute approximate surface area is 174 Å². The highest BCUT2D eigenvalue weighted by Gasteiger charge is 2.21. The van der Waals surface area contributed by atoms with Crippen molar-refractivity contribution >= 4 is 38.1 Å². The van der Waals surface area contributed by atoms with Gasteiger partial charge in [-0.3, -0.25) is 14.2 Å². The van der Waals surface area contributed by atoms with Gasteiger partial charge in [-0.15, -0.1) is 0 Å². The van der Waals surface area contributed by atoms with Crippen molar-refractivity contribution in [2.45, 2.75) is 20.3 Å². The van der Waals surface area contributed by atoms with Crippen molar-refractivity contribution in [3.05, 3.63) is 88.9 Å². The molecule has 5 aromatic rings. The number of rotatable bonds is 5. The third-order valence-electron chi connectivity index (χ3n) is 5.47. The first-order valence-corrected chi connectivity index (χ1v) is 9.98. The van der Waals surface area contributed by atoms with Gasteiger partial charge in [-0.1, -0.05) is 36.9 Å².